The lowest BCUT2D eigenvalue weighted by molar-refractivity contribution is -0.115. The van der Waals surface area contributed by atoms with Crippen molar-refractivity contribution < 1.29 is 9.59 Å². The van der Waals surface area contributed by atoms with Crippen molar-refractivity contribution in [3.63, 3.8) is 0 Å². The molecule has 0 atom stereocenters. The van der Waals surface area contributed by atoms with Crippen LogP contribution in [0.15, 0.2) is 52.9 Å². The van der Waals surface area contributed by atoms with E-state index in [1.54, 1.807) is 34.5 Å². The molecular formula is C21H21N5O2S. The first-order chi connectivity index (χ1) is 13.8. The fraction of sp³-hybridized carbons (Fsp3) is 0.143. The van der Waals surface area contributed by atoms with Crippen LogP contribution in [0.1, 0.15) is 34.1 Å². The molecule has 0 aliphatic rings. The van der Waals surface area contributed by atoms with Gasteiger partial charge in [0, 0.05) is 23.6 Å². The van der Waals surface area contributed by atoms with E-state index in [2.05, 4.69) is 15.5 Å². The van der Waals surface area contributed by atoms with Gasteiger partial charge in [0.2, 0.25) is 5.91 Å². The maximum atomic E-state index is 12.2. The minimum Gasteiger partial charge on any atom is -0.399 e. The molecule has 1 heterocycles. The molecule has 2 aromatic carbocycles. The third kappa shape index (κ3) is 4.85. The first-order valence-corrected chi connectivity index (χ1v) is 9.75. The van der Waals surface area contributed by atoms with Crippen LogP contribution in [0.25, 0.3) is 0 Å². The van der Waals surface area contributed by atoms with Gasteiger partial charge in [0.25, 0.3) is 5.91 Å². The van der Waals surface area contributed by atoms with Gasteiger partial charge in [-0.3, -0.25) is 14.5 Å². The van der Waals surface area contributed by atoms with Crippen molar-refractivity contribution in [2.75, 3.05) is 10.6 Å². The summed E-state index contributed by atoms with van der Waals surface area (Å²) in [4.78, 5) is 30.3. The maximum Gasteiger partial charge on any atom is 0.271 e. The molecule has 8 heteroatoms. The predicted octanol–water partition coefficient (Wildman–Crippen LogP) is 3.79. The fourth-order valence-electron chi connectivity index (χ4n) is 2.59. The normalized spacial score (nSPS) is 10.9. The molecule has 7 nitrogen and oxygen atoms in total. The lowest BCUT2D eigenvalue weighted by atomic mass is 10.1. The Labute approximate surface area is 172 Å². The number of hydrazone groups is 1. The topological polar surface area (TPSA) is 101 Å². The summed E-state index contributed by atoms with van der Waals surface area (Å²) >= 11 is 1.32. The van der Waals surface area contributed by atoms with E-state index in [1.807, 2.05) is 32.0 Å². The molecule has 29 heavy (non-hydrogen) atoms. The standard InChI is InChI=1S/C21H21N5O2S/c1-13-4-9-19(10-14(13)2)26(15(3)27)21-24-18(12-29-21)11-23-25-20(28)16-5-7-17(22)8-6-16/h4-12H,22H2,1-3H3,(H,25,28)/b23-11-. The quantitative estimate of drug-likeness (QED) is 0.382. The minimum atomic E-state index is -0.350. The van der Waals surface area contributed by atoms with E-state index >= 15 is 0 Å². The van der Waals surface area contributed by atoms with Crippen LogP contribution in [0, 0.1) is 13.8 Å². The summed E-state index contributed by atoms with van der Waals surface area (Å²) in [5, 5.41) is 6.24. The van der Waals surface area contributed by atoms with Crippen LogP contribution in [0.4, 0.5) is 16.5 Å². The number of thiazole rings is 1. The van der Waals surface area contributed by atoms with Gasteiger partial charge >= 0.3 is 0 Å². The number of benzene rings is 2. The van der Waals surface area contributed by atoms with Crippen molar-refractivity contribution >= 4 is 45.9 Å². The molecule has 0 saturated carbocycles. The van der Waals surface area contributed by atoms with Gasteiger partial charge in [-0.15, -0.1) is 11.3 Å². The smallest absolute Gasteiger partial charge is 0.271 e. The zero-order chi connectivity index (χ0) is 21.0. The second-order valence-electron chi connectivity index (χ2n) is 6.50. The number of amides is 2. The maximum absolute atomic E-state index is 12.2. The number of carbonyl (C=O) groups excluding carboxylic acids is 2. The van der Waals surface area contributed by atoms with Crippen LogP contribution in [-0.2, 0) is 4.79 Å². The second-order valence-corrected chi connectivity index (χ2v) is 7.34. The third-order valence-corrected chi connectivity index (χ3v) is 5.14. The van der Waals surface area contributed by atoms with Gasteiger partial charge < -0.3 is 5.73 Å². The van der Waals surface area contributed by atoms with E-state index < -0.39 is 0 Å². The minimum absolute atomic E-state index is 0.136. The summed E-state index contributed by atoms with van der Waals surface area (Å²) in [7, 11) is 0. The van der Waals surface area contributed by atoms with Gasteiger partial charge in [-0.2, -0.15) is 5.10 Å². The van der Waals surface area contributed by atoms with Gasteiger partial charge in [-0.25, -0.2) is 10.4 Å². The van der Waals surface area contributed by atoms with Crippen LogP contribution in [0.5, 0.6) is 0 Å². The zero-order valence-electron chi connectivity index (χ0n) is 16.3. The Kier molecular flexibility index (Phi) is 6.04. The molecule has 0 aliphatic heterocycles. The molecular weight excluding hydrogens is 386 g/mol. The van der Waals surface area contributed by atoms with E-state index in [9.17, 15) is 9.59 Å². The summed E-state index contributed by atoms with van der Waals surface area (Å²) in [6, 6.07) is 12.4. The van der Waals surface area contributed by atoms with Crippen molar-refractivity contribution in [1.82, 2.24) is 10.4 Å². The number of nitrogens with zero attached hydrogens (tertiary/aromatic N) is 3. The lowest BCUT2D eigenvalue weighted by Crippen LogP contribution is -2.22. The van der Waals surface area contributed by atoms with Crippen LogP contribution in [0.2, 0.25) is 0 Å². The SMILES string of the molecule is CC(=O)N(c1ccc(C)c(C)c1)c1nc(/C=N\NC(=O)c2ccc(N)cc2)cs1. The van der Waals surface area contributed by atoms with Crippen LogP contribution in [-0.4, -0.2) is 23.0 Å². The van der Waals surface area contributed by atoms with E-state index in [0.717, 1.165) is 16.8 Å². The lowest BCUT2D eigenvalue weighted by Gasteiger charge is -2.19. The third-order valence-electron chi connectivity index (χ3n) is 4.30. The Morgan fingerprint density at radius 2 is 1.86 bits per heavy atom. The molecule has 2 amide bonds. The molecule has 0 saturated heterocycles. The second kappa shape index (κ2) is 8.66. The summed E-state index contributed by atoms with van der Waals surface area (Å²) < 4.78 is 0. The summed E-state index contributed by atoms with van der Waals surface area (Å²) in [6.07, 6.45) is 1.44. The van der Waals surface area contributed by atoms with Crippen molar-refractivity contribution in [1.29, 1.82) is 0 Å². The molecule has 0 unspecified atom stereocenters. The number of hydrogen-bond donors (Lipinski definition) is 2. The van der Waals surface area contributed by atoms with E-state index in [0.29, 0.717) is 22.1 Å². The van der Waals surface area contributed by atoms with Crippen LogP contribution < -0.4 is 16.1 Å². The number of anilines is 3. The molecule has 1 aromatic heterocycles. The molecule has 0 bridgehead atoms. The highest BCUT2D eigenvalue weighted by Crippen LogP contribution is 2.29. The van der Waals surface area contributed by atoms with E-state index in [1.165, 1.54) is 24.5 Å². The Balaban J connectivity index is 1.73. The van der Waals surface area contributed by atoms with E-state index in [-0.39, 0.29) is 11.8 Å². The largest absolute Gasteiger partial charge is 0.399 e. The average Bonchev–Trinajstić information content (AvgIpc) is 3.13. The molecule has 0 aliphatic carbocycles. The highest BCUT2D eigenvalue weighted by molar-refractivity contribution is 7.14. The van der Waals surface area contributed by atoms with Gasteiger partial charge in [0.05, 0.1) is 17.6 Å². The molecule has 3 rings (SSSR count). The number of aryl methyl sites for hydroxylation is 2. The number of nitrogen functional groups attached to an aromatic ring is 1. The Hall–Kier alpha value is -3.52. The van der Waals surface area contributed by atoms with Crippen molar-refractivity contribution in [3.8, 4) is 0 Å². The summed E-state index contributed by atoms with van der Waals surface area (Å²) in [5.74, 6) is -0.486. The van der Waals surface area contributed by atoms with Crippen LogP contribution >= 0.6 is 11.3 Å². The molecule has 0 radical (unpaired) electrons. The Morgan fingerprint density at radius 3 is 2.52 bits per heavy atom. The average molecular weight is 407 g/mol. The van der Waals surface area contributed by atoms with E-state index in [4.69, 9.17) is 5.73 Å². The summed E-state index contributed by atoms with van der Waals surface area (Å²) in [6.45, 7) is 5.52. The van der Waals surface area contributed by atoms with Crippen LogP contribution in [0.3, 0.4) is 0 Å². The molecule has 3 N–H and O–H groups in total. The fourth-order valence-corrected chi connectivity index (χ4v) is 3.42. The predicted molar refractivity (Wildman–Crippen MR) is 117 cm³/mol. The molecule has 3 aromatic rings. The van der Waals surface area contributed by atoms with Gasteiger partial charge in [0.15, 0.2) is 5.13 Å². The monoisotopic (exact) mass is 407 g/mol. The van der Waals surface area contributed by atoms with Crippen molar-refractivity contribution in [2.24, 2.45) is 5.10 Å². The highest BCUT2D eigenvalue weighted by atomic mass is 32.1. The number of nitrogens with two attached hydrogens (primary N) is 1. The molecule has 148 valence electrons. The van der Waals surface area contributed by atoms with Crippen molar-refractivity contribution in [2.45, 2.75) is 20.8 Å². The number of carbonyl (C=O) groups is 2. The first kappa shape index (κ1) is 20.2. The van der Waals surface area contributed by atoms with Gasteiger partial charge in [-0.1, -0.05) is 6.07 Å². The number of nitrogens with one attached hydrogen (secondary N) is 1. The zero-order valence-corrected chi connectivity index (χ0v) is 17.2. The van der Waals surface area contributed by atoms with Gasteiger partial charge in [-0.05, 0) is 61.4 Å². The van der Waals surface area contributed by atoms with Crippen molar-refractivity contribution in [3.05, 3.63) is 70.2 Å². The number of rotatable bonds is 5. The van der Waals surface area contributed by atoms with Gasteiger partial charge in [0.1, 0.15) is 0 Å². The molecule has 0 fully saturated rings. The highest BCUT2D eigenvalue weighted by Gasteiger charge is 2.18. The molecule has 0 spiro atoms. The Morgan fingerprint density at radius 1 is 1.14 bits per heavy atom. The number of hydrogen-bond acceptors (Lipinski definition) is 6. The first-order valence-electron chi connectivity index (χ1n) is 8.87. The number of aromatic nitrogens is 1. The summed E-state index contributed by atoms with van der Waals surface area (Å²) in [5.41, 5.74) is 12.6. The Bertz CT molecular complexity index is 1070.